The summed E-state index contributed by atoms with van der Waals surface area (Å²) in [7, 11) is 1.62. The second-order valence-electron chi connectivity index (χ2n) is 5.13. The molecule has 3 amide bonds. The molecule has 8 heteroatoms. The lowest BCUT2D eigenvalue weighted by Crippen LogP contribution is -2.48. The van der Waals surface area contributed by atoms with Crippen LogP contribution in [0, 0.1) is 5.41 Å². The third kappa shape index (κ3) is 5.43. The Bertz CT molecular complexity index is 381. The summed E-state index contributed by atoms with van der Waals surface area (Å²) in [5.41, 5.74) is 4.99. The van der Waals surface area contributed by atoms with Gasteiger partial charge in [0.2, 0.25) is 5.91 Å². The first-order valence-corrected chi connectivity index (χ1v) is 6.43. The minimum Gasteiger partial charge on any atom is -0.480 e. The van der Waals surface area contributed by atoms with Crippen LogP contribution in [0.4, 0.5) is 4.79 Å². The topological polar surface area (TPSA) is 131 Å². The van der Waals surface area contributed by atoms with E-state index in [1.165, 1.54) is 0 Å². The number of rotatable bonds is 9. The van der Waals surface area contributed by atoms with Crippen LogP contribution in [0.5, 0.6) is 0 Å². The number of carboxylic acid groups (broad SMARTS) is 1. The number of carbonyl (C=O) groups excluding carboxylic acids is 2. The first-order chi connectivity index (χ1) is 9.38. The Labute approximate surface area is 117 Å². The highest BCUT2D eigenvalue weighted by Gasteiger charge is 2.42. The van der Waals surface area contributed by atoms with Gasteiger partial charge in [0.15, 0.2) is 0 Å². The second-order valence-corrected chi connectivity index (χ2v) is 5.13. The molecule has 0 bridgehead atoms. The molecule has 1 aliphatic rings. The van der Waals surface area contributed by atoms with Crippen molar-refractivity contribution in [3.05, 3.63) is 0 Å². The van der Waals surface area contributed by atoms with E-state index in [9.17, 15) is 14.4 Å². The lowest BCUT2D eigenvalue weighted by molar-refractivity contribution is -0.140. The van der Waals surface area contributed by atoms with Crippen molar-refractivity contribution in [3.8, 4) is 0 Å². The molecule has 8 nitrogen and oxygen atoms in total. The number of urea groups is 1. The number of aliphatic carboxylic acids is 1. The van der Waals surface area contributed by atoms with E-state index in [-0.39, 0.29) is 5.41 Å². The van der Waals surface area contributed by atoms with Crippen LogP contribution in [0.15, 0.2) is 0 Å². The number of carboxylic acids is 1. The van der Waals surface area contributed by atoms with Crippen molar-refractivity contribution >= 4 is 17.9 Å². The third-order valence-electron chi connectivity index (χ3n) is 3.43. The zero-order chi connectivity index (χ0) is 15.2. The molecule has 1 aliphatic carbocycles. The molecular weight excluding hydrogens is 266 g/mol. The first-order valence-electron chi connectivity index (χ1n) is 6.43. The van der Waals surface area contributed by atoms with Gasteiger partial charge in [0, 0.05) is 20.3 Å². The zero-order valence-corrected chi connectivity index (χ0v) is 11.5. The molecule has 0 aliphatic heterocycles. The molecule has 5 N–H and O–H groups in total. The number of nitrogens with one attached hydrogen (secondary N) is 2. The van der Waals surface area contributed by atoms with E-state index in [4.69, 9.17) is 15.6 Å². The third-order valence-corrected chi connectivity index (χ3v) is 3.43. The molecular formula is C12H21N3O5. The Morgan fingerprint density at radius 2 is 2.05 bits per heavy atom. The van der Waals surface area contributed by atoms with Crippen LogP contribution in [-0.2, 0) is 14.3 Å². The molecule has 1 fully saturated rings. The maximum Gasteiger partial charge on any atom is 0.326 e. The summed E-state index contributed by atoms with van der Waals surface area (Å²) in [5, 5.41) is 13.7. The highest BCUT2D eigenvalue weighted by Crippen LogP contribution is 2.48. The van der Waals surface area contributed by atoms with Crippen molar-refractivity contribution in [2.75, 3.05) is 20.3 Å². The molecule has 1 unspecified atom stereocenters. The van der Waals surface area contributed by atoms with Gasteiger partial charge in [-0.1, -0.05) is 0 Å². The molecule has 1 rings (SSSR count). The van der Waals surface area contributed by atoms with Crippen molar-refractivity contribution < 1.29 is 24.2 Å². The van der Waals surface area contributed by atoms with Gasteiger partial charge in [0.25, 0.3) is 0 Å². The number of methoxy groups -OCH3 is 1. The normalized spacial score (nSPS) is 17.1. The Morgan fingerprint density at radius 1 is 1.40 bits per heavy atom. The fourth-order valence-corrected chi connectivity index (χ4v) is 1.89. The van der Waals surface area contributed by atoms with Gasteiger partial charge in [-0.05, 0) is 24.7 Å². The monoisotopic (exact) mass is 287 g/mol. The summed E-state index contributed by atoms with van der Waals surface area (Å²) < 4.78 is 5.01. The number of nitrogens with two attached hydrogens (primary N) is 1. The summed E-state index contributed by atoms with van der Waals surface area (Å²) >= 11 is 0. The van der Waals surface area contributed by atoms with E-state index in [2.05, 4.69) is 10.6 Å². The second kappa shape index (κ2) is 7.09. The fraction of sp³-hybridized carbons (Fsp3) is 0.750. The number of hydrogen-bond donors (Lipinski definition) is 4. The van der Waals surface area contributed by atoms with Crippen molar-refractivity contribution in [2.24, 2.45) is 11.1 Å². The average Bonchev–Trinajstić information content (AvgIpc) is 3.13. The number of ether oxygens (including phenoxy) is 1. The number of hydrogen-bond acceptors (Lipinski definition) is 4. The predicted octanol–water partition coefficient (Wildman–Crippen LogP) is -0.569. The lowest BCUT2D eigenvalue weighted by atomic mass is 10.0. The van der Waals surface area contributed by atoms with Crippen LogP contribution in [0.3, 0.4) is 0 Å². The molecule has 0 heterocycles. The van der Waals surface area contributed by atoms with Gasteiger partial charge >= 0.3 is 12.0 Å². The smallest absolute Gasteiger partial charge is 0.326 e. The molecule has 0 saturated heterocycles. The molecule has 0 spiro atoms. The maximum atomic E-state index is 11.6. The van der Waals surface area contributed by atoms with E-state index < -0.39 is 30.4 Å². The highest BCUT2D eigenvalue weighted by atomic mass is 16.5. The SMILES string of the molecule is COCCC1(CNC(=O)NC(CC(N)=O)C(=O)O)CC1. The molecule has 0 aromatic carbocycles. The Morgan fingerprint density at radius 3 is 2.50 bits per heavy atom. The van der Waals surface area contributed by atoms with Gasteiger partial charge in [-0.3, -0.25) is 4.79 Å². The van der Waals surface area contributed by atoms with Gasteiger partial charge in [-0.2, -0.15) is 0 Å². The minimum atomic E-state index is -1.30. The molecule has 0 radical (unpaired) electrons. The van der Waals surface area contributed by atoms with Crippen LogP contribution >= 0.6 is 0 Å². The molecule has 0 aromatic rings. The van der Waals surface area contributed by atoms with Crippen LogP contribution < -0.4 is 16.4 Å². The van der Waals surface area contributed by atoms with Crippen molar-refractivity contribution in [3.63, 3.8) is 0 Å². The molecule has 114 valence electrons. The van der Waals surface area contributed by atoms with Crippen molar-refractivity contribution in [1.29, 1.82) is 0 Å². The summed E-state index contributed by atoms with van der Waals surface area (Å²) in [6, 6.07) is -1.91. The summed E-state index contributed by atoms with van der Waals surface area (Å²) in [5.74, 6) is -2.07. The van der Waals surface area contributed by atoms with E-state index in [1.807, 2.05) is 0 Å². The summed E-state index contributed by atoms with van der Waals surface area (Å²) in [4.78, 5) is 33.2. The minimum absolute atomic E-state index is 0.0652. The van der Waals surface area contributed by atoms with Crippen molar-refractivity contribution in [2.45, 2.75) is 31.7 Å². The number of amides is 3. The molecule has 1 saturated carbocycles. The zero-order valence-electron chi connectivity index (χ0n) is 11.5. The van der Waals surface area contributed by atoms with Crippen LogP contribution in [0.1, 0.15) is 25.7 Å². The van der Waals surface area contributed by atoms with Crippen LogP contribution in [-0.4, -0.2) is 49.3 Å². The van der Waals surface area contributed by atoms with E-state index in [1.54, 1.807) is 7.11 Å². The lowest BCUT2D eigenvalue weighted by Gasteiger charge is -2.18. The highest BCUT2D eigenvalue weighted by molar-refractivity contribution is 5.87. The number of carbonyl (C=O) groups is 3. The van der Waals surface area contributed by atoms with Gasteiger partial charge in [-0.15, -0.1) is 0 Å². The molecule has 20 heavy (non-hydrogen) atoms. The largest absolute Gasteiger partial charge is 0.480 e. The predicted molar refractivity (Wildman–Crippen MR) is 69.9 cm³/mol. The van der Waals surface area contributed by atoms with Gasteiger partial charge in [-0.25, -0.2) is 9.59 Å². The van der Waals surface area contributed by atoms with Crippen molar-refractivity contribution in [1.82, 2.24) is 10.6 Å². The summed E-state index contributed by atoms with van der Waals surface area (Å²) in [6.45, 7) is 1.09. The van der Waals surface area contributed by atoms with E-state index >= 15 is 0 Å². The average molecular weight is 287 g/mol. The van der Waals surface area contributed by atoms with Gasteiger partial charge < -0.3 is 26.2 Å². The molecule has 0 aromatic heterocycles. The summed E-state index contributed by atoms with van der Waals surface area (Å²) in [6.07, 6.45) is 2.45. The molecule has 1 atom stereocenters. The number of primary amides is 1. The van der Waals surface area contributed by atoms with Gasteiger partial charge in [0.1, 0.15) is 6.04 Å². The Balaban J connectivity index is 2.35. The standard InChI is InChI=1S/C12H21N3O5/c1-20-5-4-12(2-3-12)7-14-11(19)15-8(10(17)18)6-9(13)16/h8H,2-7H2,1H3,(H2,13,16)(H,17,18)(H2,14,15,19). The van der Waals surface area contributed by atoms with E-state index in [0.717, 1.165) is 19.3 Å². The van der Waals surface area contributed by atoms with Crippen LogP contribution in [0.2, 0.25) is 0 Å². The Kier molecular flexibility index (Phi) is 5.75. The fourth-order valence-electron chi connectivity index (χ4n) is 1.89. The van der Waals surface area contributed by atoms with Gasteiger partial charge in [0.05, 0.1) is 6.42 Å². The quantitative estimate of drug-likeness (QED) is 0.451. The van der Waals surface area contributed by atoms with Crippen LogP contribution in [0.25, 0.3) is 0 Å². The first kappa shape index (κ1) is 16.2. The maximum absolute atomic E-state index is 11.6. The Hall–Kier alpha value is -1.83. The van der Waals surface area contributed by atoms with E-state index in [0.29, 0.717) is 13.2 Å².